The lowest BCUT2D eigenvalue weighted by atomic mass is 9.98. The standard InChI is InChI=1S/C15H16N2O2/c16-9-5-2-6-10-17-14(18)11-13(15(17)19)12-7-3-1-4-8-12/h1,3-4,7-8,13H,2,5-6,10-11H2. The van der Waals surface area contributed by atoms with Crippen LogP contribution in [-0.4, -0.2) is 23.3 Å². The molecule has 0 aliphatic carbocycles. The monoisotopic (exact) mass is 256 g/mol. The van der Waals surface area contributed by atoms with Crippen molar-refractivity contribution < 1.29 is 9.59 Å². The van der Waals surface area contributed by atoms with Crippen LogP contribution in [-0.2, 0) is 9.59 Å². The van der Waals surface area contributed by atoms with E-state index in [4.69, 9.17) is 5.26 Å². The van der Waals surface area contributed by atoms with E-state index < -0.39 is 0 Å². The quantitative estimate of drug-likeness (QED) is 0.599. The first kappa shape index (κ1) is 13.3. The molecule has 2 amide bonds. The Hall–Kier alpha value is -2.15. The number of benzene rings is 1. The molecule has 1 heterocycles. The number of nitrogens with zero attached hydrogens (tertiary/aromatic N) is 2. The van der Waals surface area contributed by atoms with E-state index in [2.05, 4.69) is 6.07 Å². The maximum atomic E-state index is 12.2. The lowest BCUT2D eigenvalue weighted by Gasteiger charge is -2.14. The number of unbranched alkanes of at least 4 members (excludes halogenated alkanes) is 2. The fourth-order valence-corrected chi connectivity index (χ4v) is 2.34. The highest BCUT2D eigenvalue weighted by atomic mass is 16.2. The third kappa shape index (κ3) is 3.00. The van der Waals surface area contributed by atoms with Crippen LogP contribution in [0.4, 0.5) is 0 Å². The second-order valence-corrected chi connectivity index (χ2v) is 4.67. The summed E-state index contributed by atoms with van der Waals surface area (Å²) in [5.74, 6) is -0.534. The molecule has 19 heavy (non-hydrogen) atoms. The summed E-state index contributed by atoms with van der Waals surface area (Å²) < 4.78 is 0. The summed E-state index contributed by atoms with van der Waals surface area (Å²) in [6, 6.07) is 11.5. The van der Waals surface area contributed by atoms with Crippen molar-refractivity contribution in [1.82, 2.24) is 4.90 Å². The Kier molecular flexibility index (Phi) is 4.30. The highest BCUT2D eigenvalue weighted by molar-refractivity contribution is 6.06. The number of hydrogen-bond acceptors (Lipinski definition) is 3. The van der Waals surface area contributed by atoms with Crippen LogP contribution in [0.1, 0.15) is 37.2 Å². The number of nitriles is 1. The van der Waals surface area contributed by atoms with Gasteiger partial charge in [0.15, 0.2) is 0 Å². The summed E-state index contributed by atoms with van der Waals surface area (Å²) in [4.78, 5) is 25.4. The Morgan fingerprint density at radius 2 is 1.95 bits per heavy atom. The number of carbonyl (C=O) groups excluding carboxylic acids is 2. The molecule has 0 aromatic heterocycles. The maximum absolute atomic E-state index is 12.2. The highest BCUT2D eigenvalue weighted by Gasteiger charge is 2.38. The molecule has 0 saturated carbocycles. The summed E-state index contributed by atoms with van der Waals surface area (Å²) in [6.07, 6.45) is 2.16. The van der Waals surface area contributed by atoms with Gasteiger partial charge in [-0.15, -0.1) is 0 Å². The zero-order valence-electron chi connectivity index (χ0n) is 10.7. The molecule has 0 bridgehead atoms. The topological polar surface area (TPSA) is 61.2 Å². The van der Waals surface area contributed by atoms with Gasteiger partial charge in [-0.25, -0.2) is 0 Å². The molecular formula is C15H16N2O2. The molecule has 1 unspecified atom stereocenters. The van der Waals surface area contributed by atoms with Crippen molar-refractivity contribution in [2.75, 3.05) is 6.54 Å². The van der Waals surface area contributed by atoms with Gasteiger partial charge < -0.3 is 0 Å². The van der Waals surface area contributed by atoms with Crippen molar-refractivity contribution >= 4 is 11.8 Å². The number of imide groups is 1. The van der Waals surface area contributed by atoms with Gasteiger partial charge in [-0.05, 0) is 18.4 Å². The summed E-state index contributed by atoms with van der Waals surface area (Å²) in [6.45, 7) is 0.433. The zero-order valence-corrected chi connectivity index (χ0v) is 10.7. The Morgan fingerprint density at radius 3 is 2.63 bits per heavy atom. The minimum Gasteiger partial charge on any atom is -0.282 e. The summed E-state index contributed by atoms with van der Waals surface area (Å²) in [5.41, 5.74) is 0.903. The molecule has 1 fully saturated rings. The minimum absolute atomic E-state index is 0.101. The van der Waals surface area contributed by atoms with Gasteiger partial charge in [0.1, 0.15) is 0 Å². The minimum atomic E-state index is -0.329. The van der Waals surface area contributed by atoms with E-state index in [-0.39, 0.29) is 24.2 Å². The Balaban J connectivity index is 1.99. The van der Waals surface area contributed by atoms with Crippen molar-refractivity contribution in [3.8, 4) is 6.07 Å². The third-order valence-corrected chi connectivity index (χ3v) is 3.37. The van der Waals surface area contributed by atoms with Crippen LogP contribution in [0.5, 0.6) is 0 Å². The van der Waals surface area contributed by atoms with E-state index in [1.807, 2.05) is 30.3 Å². The smallest absolute Gasteiger partial charge is 0.237 e. The summed E-state index contributed by atoms with van der Waals surface area (Å²) in [5, 5.41) is 8.46. The van der Waals surface area contributed by atoms with E-state index >= 15 is 0 Å². The molecule has 0 N–H and O–H groups in total. The molecule has 1 atom stereocenters. The molecule has 4 nitrogen and oxygen atoms in total. The van der Waals surface area contributed by atoms with Gasteiger partial charge in [-0.3, -0.25) is 14.5 Å². The summed E-state index contributed by atoms with van der Waals surface area (Å²) >= 11 is 0. The van der Waals surface area contributed by atoms with Gasteiger partial charge in [-0.1, -0.05) is 30.3 Å². The van der Waals surface area contributed by atoms with Gasteiger partial charge in [-0.2, -0.15) is 5.26 Å². The maximum Gasteiger partial charge on any atom is 0.237 e. The van der Waals surface area contributed by atoms with Crippen LogP contribution in [0.3, 0.4) is 0 Å². The molecule has 0 spiro atoms. The SMILES string of the molecule is N#CCCCCN1C(=O)CC(c2ccccc2)C1=O. The van der Waals surface area contributed by atoms with Crippen molar-refractivity contribution in [3.63, 3.8) is 0 Å². The van der Waals surface area contributed by atoms with Crippen LogP contribution in [0, 0.1) is 11.3 Å². The van der Waals surface area contributed by atoms with Gasteiger partial charge in [0, 0.05) is 19.4 Å². The molecule has 1 aliphatic rings. The lowest BCUT2D eigenvalue weighted by molar-refractivity contribution is -0.138. The predicted molar refractivity (Wildman–Crippen MR) is 70.0 cm³/mol. The molecule has 0 radical (unpaired) electrons. The van der Waals surface area contributed by atoms with E-state index in [1.165, 1.54) is 4.90 Å². The number of amides is 2. The third-order valence-electron chi connectivity index (χ3n) is 3.37. The van der Waals surface area contributed by atoms with E-state index in [1.54, 1.807) is 0 Å². The van der Waals surface area contributed by atoms with Gasteiger partial charge in [0.2, 0.25) is 11.8 Å². The number of carbonyl (C=O) groups is 2. The Bertz CT molecular complexity index is 505. The fraction of sp³-hybridized carbons (Fsp3) is 0.400. The van der Waals surface area contributed by atoms with Crippen LogP contribution in [0.15, 0.2) is 30.3 Å². The highest BCUT2D eigenvalue weighted by Crippen LogP contribution is 2.29. The van der Waals surface area contributed by atoms with E-state index in [9.17, 15) is 9.59 Å². The molecule has 1 aromatic carbocycles. The van der Waals surface area contributed by atoms with Crippen molar-refractivity contribution in [3.05, 3.63) is 35.9 Å². The first-order valence-corrected chi connectivity index (χ1v) is 6.50. The predicted octanol–water partition coefficient (Wildman–Crippen LogP) is 2.22. The van der Waals surface area contributed by atoms with Gasteiger partial charge in [0.05, 0.1) is 12.0 Å². The Labute approximate surface area is 112 Å². The second-order valence-electron chi connectivity index (χ2n) is 4.67. The second kappa shape index (κ2) is 6.14. The van der Waals surface area contributed by atoms with Crippen LogP contribution >= 0.6 is 0 Å². The van der Waals surface area contributed by atoms with Crippen LogP contribution in [0.2, 0.25) is 0 Å². The average Bonchev–Trinajstić information content (AvgIpc) is 2.72. The first-order chi connectivity index (χ1) is 9.24. The van der Waals surface area contributed by atoms with Crippen molar-refractivity contribution in [1.29, 1.82) is 5.26 Å². The summed E-state index contributed by atoms with van der Waals surface area (Å²) in [7, 11) is 0. The van der Waals surface area contributed by atoms with Gasteiger partial charge >= 0.3 is 0 Å². The average molecular weight is 256 g/mol. The molecule has 1 aromatic rings. The van der Waals surface area contributed by atoms with Crippen LogP contribution < -0.4 is 0 Å². The molecular weight excluding hydrogens is 240 g/mol. The lowest BCUT2D eigenvalue weighted by Crippen LogP contribution is -2.31. The molecule has 98 valence electrons. The zero-order chi connectivity index (χ0) is 13.7. The largest absolute Gasteiger partial charge is 0.282 e. The van der Waals surface area contributed by atoms with E-state index in [0.717, 1.165) is 12.0 Å². The molecule has 1 saturated heterocycles. The number of hydrogen-bond donors (Lipinski definition) is 0. The number of likely N-dealkylation sites (tertiary alicyclic amines) is 1. The number of rotatable bonds is 5. The molecule has 2 rings (SSSR count). The molecule has 1 aliphatic heterocycles. The van der Waals surface area contributed by atoms with E-state index in [0.29, 0.717) is 19.4 Å². The molecule has 4 heteroatoms. The first-order valence-electron chi connectivity index (χ1n) is 6.50. The van der Waals surface area contributed by atoms with Crippen molar-refractivity contribution in [2.45, 2.75) is 31.6 Å². The fourth-order valence-electron chi connectivity index (χ4n) is 2.34. The van der Waals surface area contributed by atoms with Gasteiger partial charge in [0.25, 0.3) is 0 Å². The Morgan fingerprint density at radius 1 is 1.21 bits per heavy atom. The van der Waals surface area contributed by atoms with Crippen molar-refractivity contribution in [2.24, 2.45) is 0 Å². The van der Waals surface area contributed by atoms with Crippen LogP contribution in [0.25, 0.3) is 0 Å². The normalized spacial score (nSPS) is 18.7.